The van der Waals surface area contributed by atoms with E-state index in [1.807, 2.05) is 0 Å². The zero-order chi connectivity index (χ0) is 19.9. The van der Waals surface area contributed by atoms with Crippen molar-refractivity contribution >= 4 is 0 Å². The molecule has 2 aromatic rings. The maximum atomic E-state index is 5.71. The SMILES string of the molecule is COc1cc(C(C)(C)C)cc(-c2cc(C(C)(C)C)cc(OC)c2C)c1C. The first kappa shape index (κ1) is 20.4. The number of methoxy groups -OCH3 is 2. The molecule has 0 radical (unpaired) electrons. The highest BCUT2D eigenvalue weighted by Crippen LogP contribution is 2.41. The highest BCUT2D eigenvalue weighted by atomic mass is 16.5. The summed E-state index contributed by atoms with van der Waals surface area (Å²) in [4.78, 5) is 0. The minimum atomic E-state index is 0.0510. The molecule has 2 aromatic carbocycles. The van der Waals surface area contributed by atoms with Crippen LogP contribution in [-0.4, -0.2) is 14.2 Å². The molecule has 0 bridgehead atoms. The van der Waals surface area contributed by atoms with Crippen molar-refractivity contribution in [3.63, 3.8) is 0 Å². The molecule has 2 heteroatoms. The lowest BCUT2D eigenvalue weighted by Crippen LogP contribution is -2.13. The standard InChI is InChI=1S/C24H34O2/c1-15-19(11-17(23(3,4)5)13-21(15)25-9)20-12-18(24(6,7)8)14-22(26-10)16(20)2/h11-14H,1-10H3. The molecular weight excluding hydrogens is 320 g/mol. The summed E-state index contributed by atoms with van der Waals surface area (Å²) in [6.45, 7) is 17.7. The van der Waals surface area contributed by atoms with Gasteiger partial charge in [-0.05, 0) is 70.2 Å². The fourth-order valence-electron chi connectivity index (χ4n) is 3.22. The Hall–Kier alpha value is -1.96. The quantitative estimate of drug-likeness (QED) is 0.619. The topological polar surface area (TPSA) is 18.5 Å². The highest BCUT2D eigenvalue weighted by Gasteiger charge is 2.22. The molecule has 0 aliphatic rings. The maximum absolute atomic E-state index is 5.71. The summed E-state index contributed by atoms with van der Waals surface area (Å²) in [6, 6.07) is 8.95. The third-order valence-corrected chi connectivity index (χ3v) is 5.18. The molecule has 2 nitrogen and oxygen atoms in total. The second kappa shape index (κ2) is 6.98. The summed E-state index contributed by atoms with van der Waals surface area (Å²) < 4.78 is 11.4. The zero-order valence-corrected chi connectivity index (χ0v) is 18.1. The Bertz CT molecular complexity index is 733. The van der Waals surface area contributed by atoms with E-state index in [1.165, 1.54) is 22.3 Å². The molecule has 0 saturated heterocycles. The van der Waals surface area contributed by atoms with E-state index in [-0.39, 0.29) is 10.8 Å². The van der Waals surface area contributed by atoms with E-state index >= 15 is 0 Å². The van der Waals surface area contributed by atoms with Gasteiger partial charge in [-0.25, -0.2) is 0 Å². The van der Waals surface area contributed by atoms with Gasteiger partial charge in [-0.3, -0.25) is 0 Å². The molecular formula is C24H34O2. The fourth-order valence-corrected chi connectivity index (χ4v) is 3.22. The monoisotopic (exact) mass is 354 g/mol. The lowest BCUT2D eigenvalue weighted by atomic mass is 9.80. The van der Waals surface area contributed by atoms with Crippen LogP contribution in [0.15, 0.2) is 24.3 Å². The van der Waals surface area contributed by atoms with Crippen LogP contribution in [0.4, 0.5) is 0 Å². The van der Waals surface area contributed by atoms with Crippen LogP contribution in [-0.2, 0) is 10.8 Å². The maximum Gasteiger partial charge on any atom is 0.122 e. The molecule has 0 saturated carbocycles. The Morgan fingerprint density at radius 3 is 1.12 bits per heavy atom. The predicted molar refractivity (Wildman–Crippen MR) is 112 cm³/mol. The average Bonchev–Trinajstić information content (AvgIpc) is 2.53. The minimum absolute atomic E-state index is 0.0510. The Morgan fingerprint density at radius 2 is 0.885 bits per heavy atom. The van der Waals surface area contributed by atoms with Crippen LogP contribution in [0.25, 0.3) is 11.1 Å². The van der Waals surface area contributed by atoms with E-state index in [0.29, 0.717) is 0 Å². The van der Waals surface area contributed by atoms with Crippen LogP contribution in [0.3, 0.4) is 0 Å². The normalized spacial score (nSPS) is 12.2. The van der Waals surface area contributed by atoms with Crippen molar-refractivity contribution in [3.05, 3.63) is 46.5 Å². The molecule has 142 valence electrons. The third-order valence-electron chi connectivity index (χ3n) is 5.18. The Morgan fingerprint density at radius 1 is 0.577 bits per heavy atom. The van der Waals surface area contributed by atoms with Crippen molar-refractivity contribution < 1.29 is 9.47 Å². The summed E-state index contributed by atoms with van der Waals surface area (Å²) in [5.74, 6) is 1.87. The lowest BCUT2D eigenvalue weighted by molar-refractivity contribution is 0.409. The van der Waals surface area contributed by atoms with Crippen LogP contribution in [0.1, 0.15) is 63.8 Å². The average molecular weight is 355 g/mol. The molecule has 0 N–H and O–H groups in total. The predicted octanol–water partition coefficient (Wildman–Crippen LogP) is 6.58. The molecule has 0 aliphatic carbocycles. The molecule has 2 rings (SSSR count). The van der Waals surface area contributed by atoms with Gasteiger partial charge in [-0.1, -0.05) is 53.7 Å². The smallest absolute Gasteiger partial charge is 0.122 e. The lowest BCUT2D eigenvalue weighted by Gasteiger charge is -2.26. The number of hydrogen-bond donors (Lipinski definition) is 0. The first-order valence-corrected chi connectivity index (χ1v) is 9.28. The van der Waals surface area contributed by atoms with E-state index in [2.05, 4.69) is 79.7 Å². The van der Waals surface area contributed by atoms with Crippen LogP contribution < -0.4 is 9.47 Å². The second-order valence-corrected chi connectivity index (χ2v) is 9.20. The second-order valence-electron chi connectivity index (χ2n) is 9.20. The van der Waals surface area contributed by atoms with Gasteiger partial charge in [-0.15, -0.1) is 0 Å². The van der Waals surface area contributed by atoms with Gasteiger partial charge in [0.2, 0.25) is 0 Å². The largest absolute Gasteiger partial charge is 0.496 e. The van der Waals surface area contributed by atoms with Gasteiger partial charge in [0, 0.05) is 0 Å². The van der Waals surface area contributed by atoms with Crippen molar-refractivity contribution in [1.29, 1.82) is 0 Å². The third kappa shape index (κ3) is 3.90. The first-order chi connectivity index (χ1) is 11.9. The van der Waals surface area contributed by atoms with Crippen LogP contribution >= 0.6 is 0 Å². The minimum Gasteiger partial charge on any atom is -0.496 e. The summed E-state index contributed by atoms with van der Waals surface area (Å²) in [7, 11) is 3.50. The number of ether oxygens (including phenoxy) is 2. The van der Waals surface area contributed by atoms with E-state index in [0.717, 1.165) is 22.6 Å². The molecule has 0 unspecified atom stereocenters. The van der Waals surface area contributed by atoms with Crippen molar-refractivity contribution in [2.24, 2.45) is 0 Å². The molecule has 0 atom stereocenters. The van der Waals surface area contributed by atoms with Crippen molar-refractivity contribution in [2.45, 2.75) is 66.2 Å². The van der Waals surface area contributed by atoms with Gasteiger partial charge in [0.25, 0.3) is 0 Å². The van der Waals surface area contributed by atoms with Gasteiger partial charge in [-0.2, -0.15) is 0 Å². The van der Waals surface area contributed by atoms with Gasteiger partial charge in [0.15, 0.2) is 0 Å². The zero-order valence-electron chi connectivity index (χ0n) is 18.1. The Kier molecular flexibility index (Phi) is 5.46. The molecule has 0 amide bonds. The summed E-state index contributed by atoms with van der Waals surface area (Å²) >= 11 is 0. The molecule has 0 aliphatic heterocycles. The summed E-state index contributed by atoms with van der Waals surface area (Å²) in [6.07, 6.45) is 0. The van der Waals surface area contributed by atoms with Gasteiger partial charge >= 0.3 is 0 Å². The summed E-state index contributed by atoms with van der Waals surface area (Å²) in [5, 5.41) is 0. The highest BCUT2D eigenvalue weighted by molar-refractivity contribution is 5.76. The van der Waals surface area contributed by atoms with Crippen LogP contribution in [0.2, 0.25) is 0 Å². The van der Waals surface area contributed by atoms with Gasteiger partial charge in [0.1, 0.15) is 11.5 Å². The van der Waals surface area contributed by atoms with E-state index in [4.69, 9.17) is 9.47 Å². The number of benzene rings is 2. The fraction of sp³-hybridized carbons (Fsp3) is 0.500. The van der Waals surface area contributed by atoms with Gasteiger partial charge < -0.3 is 9.47 Å². The van der Waals surface area contributed by atoms with E-state index in [9.17, 15) is 0 Å². The molecule has 0 heterocycles. The molecule has 0 fully saturated rings. The Labute approximate surface area is 159 Å². The number of rotatable bonds is 3. The first-order valence-electron chi connectivity index (χ1n) is 9.28. The van der Waals surface area contributed by atoms with Crippen LogP contribution in [0.5, 0.6) is 11.5 Å². The molecule has 0 spiro atoms. The van der Waals surface area contributed by atoms with E-state index in [1.54, 1.807) is 14.2 Å². The van der Waals surface area contributed by atoms with E-state index < -0.39 is 0 Å². The summed E-state index contributed by atoms with van der Waals surface area (Å²) in [5.41, 5.74) is 7.41. The van der Waals surface area contributed by atoms with Crippen molar-refractivity contribution in [2.75, 3.05) is 14.2 Å². The van der Waals surface area contributed by atoms with Crippen LogP contribution in [0, 0.1) is 13.8 Å². The van der Waals surface area contributed by atoms with Gasteiger partial charge in [0.05, 0.1) is 14.2 Å². The molecule has 0 aromatic heterocycles. The molecule has 26 heavy (non-hydrogen) atoms. The Balaban J connectivity index is 2.86. The van der Waals surface area contributed by atoms with Crippen molar-refractivity contribution in [1.82, 2.24) is 0 Å². The van der Waals surface area contributed by atoms with Crippen molar-refractivity contribution in [3.8, 4) is 22.6 Å². The number of hydrogen-bond acceptors (Lipinski definition) is 2.